The fourth-order valence-electron chi connectivity index (χ4n) is 17.5. The lowest BCUT2D eigenvalue weighted by atomic mass is 9.73. The van der Waals surface area contributed by atoms with Gasteiger partial charge >= 0.3 is 0 Å². The Hall–Kier alpha value is -11.5. The predicted octanol–water partition coefficient (Wildman–Crippen LogP) is 25.9. The van der Waals surface area contributed by atoms with Crippen molar-refractivity contribution in [1.29, 1.82) is 0 Å². The highest BCUT2D eigenvalue weighted by atomic mass is 15.2. The number of rotatable bonds is 8. The van der Waals surface area contributed by atoms with Crippen molar-refractivity contribution < 1.29 is 0 Å². The van der Waals surface area contributed by atoms with Gasteiger partial charge in [-0.25, -0.2) is 0 Å². The molecule has 0 saturated carbocycles. The number of hydrogen-bond donors (Lipinski definition) is 0. The molecule has 0 fully saturated rings. The normalized spacial score (nSPS) is 14.5. The van der Waals surface area contributed by atoms with Crippen molar-refractivity contribution in [2.45, 2.75) is 97.3 Å². The molecule has 0 spiro atoms. The molecule has 1 unspecified atom stereocenters. The first kappa shape index (κ1) is 60.7. The topological polar surface area (TPSA) is 16.3 Å². The van der Waals surface area contributed by atoms with E-state index < -0.39 is 0 Å². The molecule has 0 saturated heterocycles. The summed E-state index contributed by atoms with van der Waals surface area (Å²) >= 11 is 0. The Morgan fingerprint density at radius 1 is 0.307 bits per heavy atom. The first-order chi connectivity index (χ1) is 49.0. The molecule has 0 bridgehead atoms. The van der Waals surface area contributed by atoms with E-state index in [1.807, 2.05) is 0 Å². The molecule has 15 aromatic rings. The molecule has 13 aromatic carbocycles. The molecule has 4 heterocycles. The molecule has 2 aliphatic carbocycles. The van der Waals surface area contributed by atoms with Gasteiger partial charge in [-0.05, 0) is 168 Å². The Morgan fingerprint density at radius 3 is 1.11 bits per heavy atom. The zero-order chi connectivity index (χ0) is 68.4. The second-order valence-electron chi connectivity index (χ2n) is 31.6. The smallest absolute Gasteiger partial charge is 0.0618 e. The molecule has 0 N–H and O–H groups in total. The third-order valence-corrected chi connectivity index (χ3v) is 22.4. The molecule has 4 aliphatic rings. The fraction of sp³-hybridized carbons (Fsp3) is 0.155. The van der Waals surface area contributed by atoms with Crippen molar-refractivity contribution in [2.75, 3.05) is 9.80 Å². The zero-order valence-electron chi connectivity index (χ0n) is 59.0. The summed E-state index contributed by atoms with van der Waals surface area (Å²) in [6.45, 7) is 21.4. The van der Waals surface area contributed by atoms with Crippen molar-refractivity contribution in [2.24, 2.45) is 0 Å². The molecule has 101 heavy (non-hydrogen) atoms. The van der Waals surface area contributed by atoms with Crippen molar-refractivity contribution in [3.05, 3.63) is 353 Å². The van der Waals surface area contributed by atoms with E-state index in [0.717, 1.165) is 41.3 Å². The molecule has 488 valence electrons. The quantitative estimate of drug-likeness (QED) is 0.151. The molecule has 0 amide bonds. The van der Waals surface area contributed by atoms with Gasteiger partial charge in [0.15, 0.2) is 0 Å². The average Bonchev–Trinajstić information content (AvgIpc) is 1.02. The molecule has 0 radical (unpaired) electrons. The minimum atomic E-state index is -0.316. The molecular weight excluding hydrogens is 1220 g/mol. The lowest BCUT2D eigenvalue weighted by Crippen LogP contribution is -2.31. The van der Waals surface area contributed by atoms with E-state index in [-0.39, 0.29) is 22.2 Å². The predicted molar refractivity (Wildman–Crippen MR) is 426 cm³/mol. The number of fused-ring (bicyclic) bond motifs is 13. The van der Waals surface area contributed by atoms with E-state index in [1.165, 1.54) is 161 Å². The first-order valence-corrected chi connectivity index (χ1v) is 36.1. The highest BCUT2D eigenvalue weighted by molar-refractivity contribution is 6.11. The van der Waals surface area contributed by atoms with Crippen LogP contribution in [0.15, 0.2) is 297 Å². The number of hydrogen-bond acceptors (Lipinski definition) is 2. The Balaban J connectivity index is 0.985. The van der Waals surface area contributed by atoms with Gasteiger partial charge in [0.2, 0.25) is 0 Å². The molecule has 19 rings (SSSR count). The van der Waals surface area contributed by atoms with Crippen molar-refractivity contribution in [3.8, 4) is 55.9 Å². The summed E-state index contributed by atoms with van der Waals surface area (Å²) in [7, 11) is 0. The maximum Gasteiger partial charge on any atom is 0.0618 e. The molecular formula is C97H80N4. The number of allylic oxidation sites excluding steroid dienone is 1. The largest absolute Gasteiger partial charge is 0.313 e. The van der Waals surface area contributed by atoms with Crippen LogP contribution in [0.2, 0.25) is 0 Å². The first-order valence-electron chi connectivity index (χ1n) is 36.1. The van der Waals surface area contributed by atoms with Gasteiger partial charge in [0, 0.05) is 78.9 Å². The average molecular weight is 1300 g/mol. The van der Waals surface area contributed by atoms with Gasteiger partial charge in [-0.1, -0.05) is 280 Å². The minimum absolute atomic E-state index is 0.181. The Morgan fingerprint density at radius 2 is 0.673 bits per heavy atom. The van der Waals surface area contributed by atoms with Gasteiger partial charge in [0.1, 0.15) is 0 Å². The van der Waals surface area contributed by atoms with E-state index in [9.17, 15) is 0 Å². The van der Waals surface area contributed by atoms with Gasteiger partial charge in [-0.2, -0.15) is 0 Å². The monoisotopic (exact) mass is 1300 g/mol. The van der Waals surface area contributed by atoms with Gasteiger partial charge in [-0.3, -0.25) is 0 Å². The number of aromatic nitrogens is 2. The van der Waals surface area contributed by atoms with Crippen LogP contribution in [0, 0.1) is 0 Å². The summed E-state index contributed by atoms with van der Waals surface area (Å²) in [6.07, 6.45) is 1.88. The van der Waals surface area contributed by atoms with Crippen LogP contribution in [-0.2, 0) is 29.1 Å². The Kier molecular flexibility index (Phi) is 13.5. The van der Waals surface area contributed by atoms with Crippen LogP contribution in [0.5, 0.6) is 0 Å². The lowest BCUT2D eigenvalue weighted by molar-refractivity contribution is 0.589. The summed E-state index contributed by atoms with van der Waals surface area (Å²) in [4.78, 5) is 5.50. The van der Waals surface area contributed by atoms with Gasteiger partial charge in [-0.15, -0.1) is 0 Å². The summed E-state index contributed by atoms with van der Waals surface area (Å²) in [6, 6.07) is 112. The fourth-order valence-corrected chi connectivity index (χ4v) is 17.5. The number of nitrogens with zero attached hydrogens (tertiary/aromatic N) is 4. The summed E-state index contributed by atoms with van der Waals surface area (Å²) in [5.74, 6) is -0.217. The third kappa shape index (κ3) is 9.48. The maximum absolute atomic E-state index is 2.76. The number of anilines is 6. The number of benzene rings is 13. The summed E-state index contributed by atoms with van der Waals surface area (Å²) in [5.41, 5.74) is 37.7. The van der Waals surface area contributed by atoms with Crippen LogP contribution in [0.25, 0.3) is 94.2 Å². The van der Waals surface area contributed by atoms with Crippen molar-refractivity contribution >= 4 is 72.4 Å². The minimum Gasteiger partial charge on any atom is -0.313 e. The zero-order valence-corrected chi connectivity index (χ0v) is 59.0. The third-order valence-electron chi connectivity index (χ3n) is 22.4. The van der Waals surface area contributed by atoms with E-state index in [0.29, 0.717) is 0 Å². The van der Waals surface area contributed by atoms with Gasteiger partial charge in [0.05, 0.1) is 50.7 Å². The van der Waals surface area contributed by atoms with Gasteiger partial charge in [0.25, 0.3) is 0 Å². The summed E-state index contributed by atoms with van der Waals surface area (Å²) < 4.78 is 5.15. The van der Waals surface area contributed by atoms with Crippen LogP contribution >= 0.6 is 0 Å². The standard InChI is InChI=1S/C97H80N4/c1-95(2,3)66-52-77(60-30-14-10-15-31-60)93(78(53-66)61-32-16-11-17-33-61)100-84-58-69(98-81-43-27-24-40-72(81)73-41-25-28-44-82(73)98)46-48-75(84)90-76-49-47-70(99-83-45-29-26-42-74(83)91-86(99)51-65-50-64-38-22-23-39-71(64)89(65)91)59-85(76)101(88-57-68(97(7,8)9)56-87(100)92(88)90)94-79(62-34-18-12-19-35-62)54-67(96(4,5)6)55-80(94)63-36-20-13-21-37-63/h10-49,52-59,90H,50-51H2,1-9H3. The lowest BCUT2D eigenvalue weighted by Gasteiger charge is -2.47. The second-order valence-corrected chi connectivity index (χ2v) is 31.6. The molecule has 2 aromatic heterocycles. The van der Waals surface area contributed by atoms with E-state index >= 15 is 0 Å². The van der Waals surface area contributed by atoms with Crippen molar-refractivity contribution in [1.82, 2.24) is 9.13 Å². The number of para-hydroxylation sites is 3. The van der Waals surface area contributed by atoms with Gasteiger partial charge < -0.3 is 18.9 Å². The molecule has 1 atom stereocenters. The Bertz CT molecular complexity index is 5770. The molecule has 4 heteroatoms. The van der Waals surface area contributed by atoms with Crippen molar-refractivity contribution in [3.63, 3.8) is 0 Å². The van der Waals surface area contributed by atoms with E-state index in [4.69, 9.17) is 0 Å². The summed E-state index contributed by atoms with van der Waals surface area (Å²) in [5, 5.41) is 3.78. The highest BCUT2D eigenvalue weighted by Crippen LogP contribution is 2.65. The van der Waals surface area contributed by atoms with Crippen LogP contribution < -0.4 is 9.80 Å². The van der Waals surface area contributed by atoms with E-state index in [2.05, 4.69) is 372 Å². The Labute approximate surface area is 593 Å². The molecule has 2 aliphatic heterocycles. The highest BCUT2D eigenvalue weighted by Gasteiger charge is 2.46. The SMILES string of the molecule is CC(C)(C)c1cc(-c2ccccc2)c(N2c3cc(-n4c5c(c6ccccc64)C4=C(Cc6ccccc64)C5)ccc3C3c4ccc(-n5c6ccccc6c6ccccc65)cc4N(c4c(-c5ccccc5)cc(C(C)(C)C)cc4-c4ccccc4)c4cc(C(C)(C)C)cc2c43)c(-c2ccccc2)c1. The second kappa shape index (κ2) is 22.5. The van der Waals surface area contributed by atoms with Crippen LogP contribution in [0.4, 0.5) is 34.1 Å². The van der Waals surface area contributed by atoms with Crippen LogP contribution in [0.1, 0.15) is 124 Å². The molecule has 4 nitrogen and oxygen atoms in total. The van der Waals surface area contributed by atoms with Crippen LogP contribution in [-0.4, -0.2) is 9.13 Å². The van der Waals surface area contributed by atoms with Crippen LogP contribution in [0.3, 0.4) is 0 Å². The maximum atomic E-state index is 2.76. The van der Waals surface area contributed by atoms with E-state index in [1.54, 1.807) is 0 Å².